The van der Waals surface area contributed by atoms with E-state index in [0.717, 1.165) is 11.3 Å². The van der Waals surface area contributed by atoms with Crippen LogP contribution in [0.3, 0.4) is 0 Å². The second-order valence-corrected chi connectivity index (χ2v) is 5.92. The Morgan fingerprint density at radius 1 is 1.08 bits per heavy atom. The summed E-state index contributed by atoms with van der Waals surface area (Å²) in [5.41, 5.74) is 0.736. The lowest BCUT2D eigenvalue weighted by molar-refractivity contribution is -0.143. The molecule has 0 N–H and O–H groups in total. The Morgan fingerprint density at radius 2 is 1.88 bits per heavy atom. The number of fused-ring (bicyclic) bond motifs is 1. The first-order chi connectivity index (χ1) is 12.2. The number of benzene rings is 2. The third kappa shape index (κ3) is 5.03. The van der Waals surface area contributed by atoms with E-state index in [1.807, 2.05) is 30.3 Å². The van der Waals surface area contributed by atoms with Crippen LogP contribution in [-0.2, 0) is 16.0 Å². The van der Waals surface area contributed by atoms with E-state index in [1.54, 1.807) is 12.1 Å². The van der Waals surface area contributed by atoms with Gasteiger partial charge in [-0.3, -0.25) is 4.79 Å². The Labute approximate surface area is 151 Å². The molecule has 0 unspecified atom stereocenters. The van der Waals surface area contributed by atoms with Crippen molar-refractivity contribution >= 4 is 17.6 Å². The molecule has 3 rings (SSSR count). The van der Waals surface area contributed by atoms with Gasteiger partial charge in [-0.25, -0.2) is 0 Å². The average Bonchev–Trinajstić information content (AvgIpc) is 2.62. The van der Waals surface area contributed by atoms with Crippen molar-refractivity contribution in [3.05, 3.63) is 53.1 Å². The quantitative estimate of drug-likeness (QED) is 0.555. The first kappa shape index (κ1) is 17.4. The summed E-state index contributed by atoms with van der Waals surface area (Å²) in [7, 11) is 0. The van der Waals surface area contributed by atoms with Crippen molar-refractivity contribution in [3.63, 3.8) is 0 Å². The van der Waals surface area contributed by atoms with Crippen molar-refractivity contribution in [3.8, 4) is 17.2 Å². The highest BCUT2D eigenvalue weighted by molar-refractivity contribution is 6.32. The van der Waals surface area contributed by atoms with Crippen molar-refractivity contribution in [1.82, 2.24) is 0 Å². The van der Waals surface area contributed by atoms with Crippen molar-refractivity contribution in [2.24, 2.45) is 0 Å². The van der Waals surface area contributed by atoms with Crippen LogP contribution in [0.2, 0.25) is 5.02 Å². The van der Waals surface area contributed by atoms with E-state index in [0.29, 0.717) is 49.4 Å². The molecule has 0 radical (unpaired) electrons. The summed E-state index contributed by atoms with van der Waals surface area (Å²) >= 11 is 6.16. The molecular weight excluding hydrogens is 344 g/mol. The van der Waals surface area contributed by atoms with Gasteiger partial charge in [0.1, 0.15) is 19.0 Å². The van der Waals surface area contributed by atoms with Crippen LogP contribution in [-0.4, -0.2) is 32.4 Å². The van der Waals surface area contributed by atoms with Crippen LogP contribution >= 0.6 is 11.6 Å². The summed E-state index contributed by atoms with van der Waals surface area (Å²) in [6.07, 6.45) is 0.762. The summed E-state index contributed by atoms with van der Waals surface area (Å²) in [4.78, 5) is 11.9. The molecule has 0 amide bonds. The van der Waals surface area contributed by atoms with Crippen LogP contribution in [0.25, 0.3) is 0 Å². The molecule has 0 saturated heterocycles. The van der Waals surface area contributed by atoms with E-state index in [2.05, 4.69) is 0 Å². The summed E-state index contributed by atoms with van der Waals surface area (Å²) in [5.74, 6) is 1.59. The fourth-order valence-corrected chi connectivity index (χ4v) is 2.72. The summed E-state index contributed by atoms with van der Waals surface area (Å²) in [6, 6.07) is 13.0. The third-order valence-electron chi connectivity index (χ3n) is 3.57. The predicted octanol–water partition coefficient (Wildman–Crippen LogP) is 3.67. The fraction of sp³-hybridized carbons (Fsp3) is 0.316. The van der Waals surface area contributed by atoms with Gasteiger partial charge in [-0.15, -0.1) is 0 Å². The van der Waals surface area contributed by atoms with E-state index in [4.69, 9.17) is 30.5 Å². The molecule has 0 aromatic heterocycles. The van der Waals surface area contributed by atoms with Crippen LogP contribution in [0, 0.1) is 0 Å². The van der Waals surface area contributed by atoms with Crippen LogP contribution in [0.1, 0.15) is 12.0 Å². The largest absolute Gasteiger partial charge is 0.493 e. The lowest BCUT2D eigenvalue weighted by Crippen LogP contribution is -2.16. The zero-order chi connectivity index (χ0) is 17.5. The minimum absolute atomic E-state index is 0.135. The van der Waals surface area contributed by atoms with Crippen LogP contribution in [0.15, 0.2) is 42.5 Å². The third-order valence-corrected chi connectivity index (χ3v) is 3.85. The fourth-order valence-electron chi connectivity index (χ4n) is 2.44. The number of esters is 1. The van der Waals surface area contributed by atoms with E-state index in [9.17, 15) is 4.79 Å². The van der Waals surface area contributed by atoms with Gasteiger partial charge in [-0.1, -0.05) is 29.8 Å². The van der Waals surface area contributed by atoms with Crippen molar-refractivity contribution in [2.45, 2.75) is 12.8 Å². The highest BCUT2D eigenvalue weighted by Crippen LogP contribution is 2.38. The van der Waals surface area contributed by atoms with Gasteiger partial charge >= 0.3 is 5.97 Å². The maximum absolute atomic E-state index is 11.9. The van der Waals surface area contributed by atoms with Gasteiger partial charge in [0.15, 0.2) is 11.5 Å². The first-order valence-electron chi connectivity index (χ1n) is 8.14. The number of ether oxygens (including phenoxy) is 4. The maximum atomic E-state index is 11.9. The maximum Gasteiger partial charge on any atom is 0.310 e. The SMILES string of the molecule is O=C(Cc1cc(Cl)c2c(c1)OCCO2)OCCCOc1ccccc1. The zero-order valence-electron chi connectivity index (χ0n) is 13.7. The van der Waals surface area contributed by atoms with Crippen LogP contribution in [0.4, 0.5) is 0 Å². The molecule has 132 valence electrons. The average molecular weight is 363 g/mol. The van der Waals surface area contributed by atoms with E-state index in [-0.39, 0.29) is 12.4 Å². The Bertz CT molecular complexity index is 717. The molecule has 6 heteroatoms. The Hall–Kier alpha value is -2.40. The molecule has 0 spiro atoms. The number of hydrogen-bond donors (Lipinski definition) is 0. The molecular formula is C19H19ClO5. The Kier molecular flexibility index (Phi) is 6.01. The Morgan fingerprint density at radius 3 is 2.72 bits per heavy atom. The van der Waals surface area contributed by atoms with Gasteiger partial charge in [-0.2, -0.15) is 0 Å². The van der Waals surface area contributed by atoms with Gasteiger partial charge in [-0.05, 0) is 29.8 Å². The highest BCUT2D eigenvalue weighted by atomic mass is 35.5. The molecule has 1 aliphatic rings. The molecule has 0 saturated carbocycles. The zero-order valence-corrected chi connectivity index (χ0v) is 14.5. The molecule has 2 aromatic carbocycles. The normalized spacial score (nSPS) is 12.5. The van der Waals surface area contributed by atoms with Crippen LogP contribution < -0.4 is 14.2 Å². The van der Waals surface area contributed by atoms with Crippen molar-refractivity contribution in [2.75, 3.05) is 26.4 Å². The Balaban J connectivity index is 1.41. The number of halogens is 1. The van der Waals surface area contributed by atoms with Gasteiger partial charge in [0.05, 0.1) is 24.7 Å². The molecule has 1 aliphatic heterocycles. The van der Waals surface area contributed by atoms with Gasteiger partial charge in [0.25, 0.3) is 0 Å². The van der Waals surface area contributed by atoms with Crippen molar-refractivity contribution in [1.29, 1.82) is 0 Å². The lowest BCUT2D eigenvalue weighted by Gasteiger charge is -2.20. The van der Waals surface area contributed by atoms with Gasteiger partial charge < -0.3 is 18.9 Å². The standard InChI is InChI=1S/C19H19ClO5/c20-16-11-14(12-17-19(16)25-10-9-23-17)13-18(21)24-8-4-7-22-15-5-2-1-3-6-15/h1-3,5-6,11-12H,4,7-10,13H2. The number of rotatable bonds is 7. The lowest BCUT2D eigenvalue weighted by atomic mass is 10.1. The summed E-state index contributed by atoms with van der Waals surface area (Å²) in [5, 5.41) is 0.441. The molecule has 5 nitrogen and oxygen atoms in total. The minimum atomic E-state index is -0.313. The van der Waals surface area contributed by atoms with Gasteiger partial charge in [0, 0.05) is 6.42 Å². The molecule has 1 heterocycles. The van der Waals surface area contributed by atoms with Gasteiger partial charge in [0.2, 0.25) is 0 Å². The highest BCUT2D eigenvalue weighted by Gasteiger charge is 2.18. The molecule has 2 aromatic rings. The van der Waals surface area contributed by atoms with E-state index >= 15 is 0 Å². The molecule has 0 atom stereocenters. The predicted molar refractivity (Wildman–Crippen MR) is 93.7 cm³/mol. The molecule has 0 aliphatic carbocycles. The molecule has 0 bridgehead atoms. The van der Waals surface area contributed by atoms with Crippen molar-refractivity contribution < 1.29 is 23.7 Å². The summed E-state index contributed by atoms with van der Waals surface area (Å²) < 4.78 is 21.7. The number of para-hydroxylation sites is 1. The van der Waals surface area contributed by atoms with Crippen LogP contribution in [0.5, 0.6) is 17.2 Å². The monoisotopic (exact) mass is 362 g/mol. The van der Waals surface area contributed by atoms with E-state index < -0.39 is 0 Å². The summed E-state index contributed by atoms with van der Waals surface area (Å²) in [6.45, 7) is 1.74. The number of carbonyl (C=O) groups is 1. The number of carbonyl (C=O) groups excluding carboxylic acids is 1. The van der Waals surface area contributed by atoms with E-state index in [1.165, 1.54) is 0 Å². The number of hydrogen-bond acceptors (Lipinski definition) is 5. The molecule has 0 fully saturated rings. The topological polar surface area (TPSA) is 54.0 Å². The molecule has 25 heavy (non-hydrogen) atoms. The second-order valence-electron chi connectivity index (χ2n) is 5.51. The first-order valence-corrected chi connectivity index (χ1v) is 8.51. The second kappa shape index (κ2) is 8.62. The minimum Gasteiger partial charge on any atom is -0.493 e. The smallest absolute Gasteiger partial charge is 0.310 e.